The van der Waals surface area contributed by atoms with Crippen molar-refractivity contribution >= 4 is 15.5 Å². The van der Waals surface area contributed by atoms with Gasteiger partial charge >= 0.3 is 0 Å². The summed E-state index contributed by atoms with van der Waals surface area (Å²) in [5.41, 5.74) is 0.692. The van der Waals surface area contributed by atoms with Gasteiger partial charge in [0.05, 0.1) is 23.7 Å². The molecule has 0 amide bonds. The molecule has 0 bridgehead atoms. The molecule has 0 saturated carbocycles. The van der Waals surface area contributed by atoms with Gasteiger partial charge in [0, 0.05) is 12.3 Å². The minimum Gasteiger partial charge on any atom is -0.492 e. The number of benzene rings is 1. The Kier molecular flexibility index (Phi) is 4.41. The summed E-state index contributed by atoms with van der Waals surface area (Å²) in [6.07, 6.45) is 6.31. The molecule has 1 aromatic rings. The minimum absolute atomic E-state index is 0.229. The molecule has 5 heteroatoms. The van der Waals surface area contributed by atoms with E-state index >= 15 is 0 Å². The van der Waals surface area contributed by atoms with Crippen molar-refractivity contribution in [3.63, 3.8) is 0 Å². The molecule has 0 aromatic heterocycles. The predicted octanol–water partition coefficient (Wildman–Crippen LogP) is 1.53. The lowest BCUT2D eigenvalue weighted by Gasteiger charge is -2.12. The van der Waals surface area contributed by atoms with Gasteiger partial charge in [-0.3, -0.25) is 0 Å². The van der Waals surface area contributed by atoms with Crippen LogP contribution in [-0.4, -0.2) is 27.8 Å². The Hall–Kier alpha value is -1.67. The number of hydrogen-bond acceptors (Lipinski definition) is 4. The van der Waals surface area contributed by atoms with E-state index in [-0.39, 0.29) is 4.90 Å². The molecule has 0 fully saturated rings. The molecule has 4 nitrogen and oxygen atoms in total. The van der Waals surface area contributed by atoms with E-state index in [1.54, 1.807) is 6.07 Å². The Balaban J connectivity index is 3.13. The molecule has 0 aliphatic heterocycles. The normalized spacial score (nSPS) is 10.6. The number of ether oxygens (including phenoxy) is 1. The summed E-state index contributed by atoms with van der Waals surface area (Å²) in [6, 6.07) is 4.67. The highest BCUT2D eigenvalue weighted by Crippen LogP contribution is 2.27. The maximum Gasteiger partial charge on any atom is 0.175 e. The molecule has 0 atom stereocenters. The van der Waals surface area contributed by atoms with Gasteiger partial charge in [-0.1, -0.05) is 5.92 Å². The monoisotopic (exact) mass is 253 g/mol. The molecule has 0 aliphatic rings. The lowest BCUT2D eigenvalue weighted by atomic mass is 10.3. The Labute approximate surface area is 102 Å². The van der Waals surface area contributed by atoms with E-state index in [1.807, 2.05) is 6.92 Å². The maximum atomic E-state index is 11.4. The number of rotatable bonds is 5. The van der Waals surface area contributed by atoms with Crippen LogP contribution in [0.15, 0.2) is 23.1 Å². The second-order valence-electron chi connectivity index (χ2n) is 3.42. The summed E-state index contributed by atoms with van der Waals surface area (Å²) >= 11 is 0. The van der Waals surface area contributed by atoms with Gasteiger partial charge in [-0.25, -0.2) is 8.42 Å². The summed E-state index contributed by atoms with van der Waals surface area (Å²) in [6.45, 7) is 2.65. The van der Waals surface area contributed by atoms with Crippen LogP contribution in [0, 0.1) is 12.3 Å². The predicted molar refractivity (Wildman–Crippen MR) is 68.0 cm³/mol. The third kappa shape index (κ3) is 3.68. The van der Waals surface area contributed by atoms with E-state index in [2.05, 4.69) is 11.2 Å². The first-order valence-corrected chi connectivity index (χ1v) is 7.02. The van der Waals surface area contributed by atoms with Crippen LogP contribution in [0.3, 0.4) is 0 Å². The Morgan fingerprint density at radius 2 is 2.18 bits per heavy atom. The average Bonchev–Trinajstić information content (AvgIpc) is 2.26. The van der Waals surface area contributed by atoms with Gasteiger partial charge in [-0.15, -0.1) is 6.42 Å². The van der Waals surface area contributed by atoms with Gasteiger partial charge in [0.2, 0.25) is 0 Å². The first-order valence-electron chi connectivity index (χ1n) is 5.13. The summed E-state index contributed by atoms with van der Waals surface area (Å²) in [4.78, 5) is 0.229. The van der Waals surface area contributed by atoms with E-state index in [9.17, 15) is 8.42 Å². The highest BCUT2D eigenvalue weighted by atomic mass is 32.2. The standard InChI is InChI=1S/C12H15NO3S/c1-4-8-13-11-7-6-10(17(3,14)15)9-12(11)16-5-2/h1,6-7,9,13H,5,8H2,2-3H3. The van der Waals surface area contributed by atoms with Gasteiger partial charge in [-0.05, 0) is 19.1 Å². The van der Waals surface area contributed by atoms with Crippen molar-refractivity contribution in [1.29, 1.82) is 0 Å². The summed E-state index contributed by atoms with van der Waals surface area (Å²) in [5, 5.41) is 2.97. The first-order chi connectivity index (χ1) is 7.99. The molecule has 17 heavy (non-hydrogen) atoms. The zero-order valence-corrected chi connectivity index (χ0v) is 10.7. The van der Waals surface area contributed by atoms with Crippen LogP contribution in [0.25, 0.3) is 0 Å². The van der Waals surface area contributed by atoms with Crippen molar-refractivity contribution in [2.45, 2.75) is 11.8 Å². The van der Waals surface area contributed by atoms with Crippen LogP contribution in [0.5, 0.6) is 5.75 Å². The van der Waals surface area contributed by atoms with Crippen molar-refractivity contribution in [1.82, 2.24) is 0 Å². The van der Waals surface area contributed by atoms with Gasteiger partial charge in [0.25, 0.3) is 0 Å². The van der Waals surface area contributed by atoms with E-state index in [0.29, 0.717) is 24.6 Å². The lowest BCUT2D eigenvalue weighted by Crippen LogP contribution is -2.04. The second-order valence-corrected chi connectivity index (χ2v) is 5.44. The Bertz CT molecular complexity index is 529. The molecule has 92 valence electrons. The highest BCUT2D eigenvalue weighted by molar-refractivity contribution is 7.90. The topological polar surface area (TPSA) is 55.4 Å². The molecule has 0 radical (unpaired) electrons. The fourth-order valence-electron chi connectivity index (χ4n) is 1.30. The molecule has 1 rings (SSSR count). The molecule has 0 unspecified atom stereocenters. The third-order valence-corrected chi connectivity index (χ3v) is 3.17. The molecule has 0 heterocycles. The Morgan fingerprint density at radius 3 is 2.71 bits per heavy atom. The quantitative estimate of drug-likeness (QED) is 0.809. The van der Waals surface area contributed by atoms with E-state index in [1.165, 1.54) is 12.1 Å². The first kappa shape index (κ1) is 13.4. The fourth-order valence-corrected chi connectivity index (χ4v) is 1.94. The molecular weight excluding hydrogens is 238 g/mol. The molecule has 1 N–H and O–H groups in total. The van der Waals surface area contributed by atoms with Crippen LogP contribution >= 0.6 is 0 Å². The molecule has 0 aliphatic carbocycles. The minimum atomic E-state index is -3.23. The van der Waals surface area contributed by atoms with Crippen molar-refractivity contribution in [2.75, 3.05) is 24.7 Å². The van der Waals surface area contributed by atoms with Crippen LogP contribution in [-0.2, 0) is 9.84 Å². The van der Waals surface area contributed by atoms with Crippen LogP contribution in [0.1, 0.15) is 6.92 Å². The van der Waals surface area contributed by atoms with Crippen molar-refractivity contribution in [3.05, 3.63) is 18.2 Å². The van der Waals surface area contributed by atoms with Crippen molar-refractivity contribution in [2.24, 2.45) is 0 Å². The largest absolute Gasteiger partial charge is 0.492 e. The summed E-state index contributed by atoms with van der Waals surface area (Å²) < 4.78 is 28.2. The SMILES string of the molecule is C#CCNc1ccc(S(C)(=O)=O)cc1OCC. The van der Waals surface area contributed by atoms with Crippen molar-refractivity contribution in [3.8, 4) is 18.1 Å². The highest BCUT2D eigenvalue weighted by Gasteiger charge is 2.11. The van der Waals surface area contributed by atoms with Crippen LogP contribution in [0.4, 0.5) is 5.69 Å². The second kappa shape index (κ2) is 5.60. The number of hydrogen-bond donors (Lipinski definition) is 1. The average molecular weight is 253 g/mol. The van der Waals surface area contributed by atoms with Crippen LogP contribution < -0.4 is 10.1 Å². The molecule has 0 saturated heterocycles. The zero-order chi connectivity index (χ0) is 12.9. The lowest BCUT2D eigenvalue weighted by molar-refractivity contribution is 0.341. The fraction of sp³-hybridized carbons (Fsp3) is 0.333. The molecular formula is C12H15NO3S. The van der Waals surface area contributed by atoms with Crippen molar-refractivity contribution < 1.29 is 13.2 Å². The van der Waals surface area contributed by atoms with Crippen LogP contribution in [0.2, 0.25) is 0 Å². The molecule has 0 spiro atoms. The number of sulfone groups is 1. The zero-order valence-electron chi connectivity index (χ0n) is 9.86. The van der Waals surface area contributed by atoms with Gasteiger partial charge in [-0.2, -0.15) is 0 Å². The maximum absolute atomic E-state index is 11.4. The number of nitrogens with one attached hydrogen (secondary N) is 1. The smallest absolute Gasteiger partial charge is 0.175 e. The van der Waals surface area contributed by atoms with Gasteiger partial charge in [0.15, 0.2) is 9.84 Å². The molecule has 1 aromatic carbocycles. The van der Waals surface area contributed by atoms with E-state index in [4.69, 9.17) is 11.2 Å². The number of terminal acetylenes is 1. The van der Waals surface area contributed by atoms with E-state index < -0.39 is 9.84 Å². The summed E-state index contributed by atoms with van der Waals surface area (Å²) in [5.74, 6) is 2.94. The van der Waals surface area contributed by atoms with Gasteiger partial charge in [0.1, 0.15) is 5.75 Å². The Morgan fingerprint density at radius 1 is 1.47 bits per heavy atom. The van der Waals surface area contributed by atoms with E-state index in [0.717, 1.165) is 6.26 Å². The third-order valence-electron chi connectivity index (χ3n) is 2.06. The summed E-state index contributed by atoms with van der Waals surface area (Å²) in [7, 11) is -3.23. The van der Waals surface area contributed by atoms with Gasteiger partial charge < -0.3 is 10.1 Å². The number of anilines is 1.